The van der Waals surface area contributed by atoms with Crippen molar-refractivity contribution in [2.75, 3.05) is 0 Å². The highest BCUT2D eigenvalue weighted by Crippen LogP contribution is 2.53. The predicted octanol–water partition coefficient (Wildman–Crippen LogP) is 4.39. The Labute approximate surface area is 126 Å². The van der Waals surface area contributed by atoms with Crippen molar-refractivity contribution >= 4 is 0 Å². The van der Waals surface area contributed by atoms with Crippen LogP contribution in [0.15, 0.2) is 12.1 Å². The Morgan fingerprint density at radius 3 is 1.44 bits per heavy atom. The molecule has 0 aliphatic carbocycles. The van der Waals surface area contributed by atoms with Crippen molar-refractivity contribution < 1.29 is 76.0 Å². The van der Waals surface area contributed by atoms with Crippen LogP contribution >= 0.6 is 0 Å². The number of aliphatic hydroxyl groups is 1. The Hall–Kier alpha value is -1.52. The molecule has 0 aromatic carbocycles. The van der Waals surface area contributed by atoms with E-state index in [-0.39, 0.29) is 0 Å². The number of halogens is 14. The van der Waals surface area contributed by atoms with Gasteiger partial charge in [0.1, 0.15) is 0 Å². The number of ether oxygens (including phenoxy) is 2. The maximum absolute atomic E-state index is 13.3. The molecule has 0 saturated heterocycles. The Kier molecular flexibility index (Phi) is 6.25. The largest absolute Gasteiger partial charge is 0.471 e. The minimum atomic E-state index is -7.44. The molecule has 0 aromatic rings. The minimum Gasteiger partial charge on any atom is -0.398 e. The molecule has 0 amide bonds. The summed E-state index contributed by atoms with van der Waals surface area (Å²) in [7, 11) is 0. The van der Waals surface area contributed by atoms with E-state index in [4.69, 9.17) is 5.11 Å². The zero-order chi connectivity index (χ0) is 20.6. The monoisotopic (exact) mass is 412 g/mol. The molecule has 0 aliphatic rings. The lowest BCUT2D eigenvalue weighted by atomic mass is 10.2. The lowest BCUT2D eigenvalue weighted by Gasteiger charge is -2.37. The van der Waals surface area contributed by atoms with Gasteiger partial charge in [-0.3, -0.25) is 4.74 Å². The van der Waals surface area contributed by atoms with Gasteiger partial charge >= 0.3 is 42.3 Å². The first-order valence-corrected chi connectivity index (χ1v) is 5.04. The molecule has 0 fully saturated rings. The van der Waals surface area contributed by atoms with E-state index in [2.05, 4.69) is 0 Å². The van der Waals surface area contributed by atoms with Gasteiger partial charge in [-0.2, -0.15) is 57.1 Å². The van der Waals surface area contributed by atoms with Crippen molar-refractivity contribution in [2.45, 2.75) is 36.5 Å². The second-order valence-electron chi connectivity index (χ2n) is 3.82. The first-order chi connectivity index (χ1) is 10.7. The molecule has 0 radical (unpaired) electrons. The molecule has 2 atom stereocenters. The van der Waals surface area contributed by atoms with Crippen LogP contribution in [-0.4, -0.2) is 41.6 Å². The van der Waals surface area contributed by atoms with E-state index in [1.54, 1.807) is 4.74 Å². The van der Waals surface area contributed by atoms with Crippen molar-refractivity contribution in [1.29, 1.82) is 0 Å². The molecule has 150 valence electrons. The SMILES string of the molecule is OC(F)C(F)(F)C(F)(F)OC(F)(C(F)(F)F)C(F)(F)OC(F)=C(F)F. The molecule has 0 aliphatic heterocycles. The van der Waals surface area contributed by atoms with Crippen LogP contribution in [0.25, 0.3) is 0 Å². The van der Waals surface area contributed by atoms with Crippen LogP contribution in [0.4, 0.5) is 61.5 Å². The summed E-state index contributed by atoms with van der Waals surface area (Å²) in [6.07, 6.45) is -30.7. The van der Waals surface area contributed by atoms with E-state index in [1.807, 2.05) is 4.74 Å². The number of aliphatic hydroxyl groups excluding tert-OH is 1. The summed E-state index contributed by atoms with van der Waals surface area (Å²) in [6, 6.07) is -3.90. The molecule has 2 unspecified atom stereocenters. The molecule has 0 saturated carbocycles. The zero-order valence-electron chi connectivity index (χ0n) is 10.6. The topological polar surface area (TPSA) is 38.7 Å². The smallest absolute Gasteiger partial charge is 0.398 e. The van der Waals surface area contributed by atoms with E-state index in [9.17, 15) is 61.5 Å². The molecular weight excluding hydrogens is 410 g/mol. The van der Waals surface area contributed by atoms with Crippen LogP contribution < -0.4 is 0 Å². The Morgan fingerprint density at radius 2 is 1.16 bits per heavy atom. The standard InChI is InChI=1S/C8H2F14O3/c9-1(10)2(11)24-8(21,22)5(15,6(16,17)18)25-7(19,20)4(13,14)3(12)23/h3,23H. The summed E-state index contributed by atoms with van der Waals surface area (Å²) < 4.78 is 177. The second kappa shape index (κ2) is 6.65. The van der Waals surface area contributed by atoms with Gasteiger partial charge in [-0.25, -0.2) is 4.39 Å². The fraction of sp³-hybridized carbons (Fsp3) is 0.750. The van der Waals surface area contributed by atoms with Crippen molar-refractivity contribution in [3.05, 3.63) is 12.1 Å². The van der Waals surface area contributed by atoms with Crippen LogP contribution in [0.5, 0.6) is 0 Å². The molecule has 0 bridgehead atoms. The number of rotatable bonds is 7. The summed E-state index contributed by atoms with van der Waals surface area (Å²) in [5, 5.41) is 7.67. The van der Waals surface area contributed by atoms with E-state index in [1.165, 1.54) is 0 Å². The third-order valence-electron chi connectivity index (χ3n) is 2.06. The van der Waals surface area contributed by atoms with Gasteiger partial charge in [0.25, 0.3) is 6.36 Å². The fourth-order valence-corrected chi connectivity index (χ4v) is 0.882. The van der Waals surface area contributed by atoms with Crippen LogP contribution in [0.2, 0.25) is 0 Å². The molecule has 0 spiro atoms. The van der Waals surface area contributed by atoms with Gasteiger partial charge in [-0.05, 0) is 0 Å². The summed E-state index contributed by atoms with van der Waals surface area (Å²) in [6.45, 7) is 0. The number of hydrogen-bond acceptors (Lipinski definition) is 3. The van der Waals surface area contributed by atoms with E-state index in [0.29, 0.717) is 0 Å². The normalized spacial score (nSPS) is 17.7. The van der Waals surface area contributed by atoms with Gasteiger partial charge in [0.05, 0.1) is 0 Å². The average Bonchev–Trinajstić information content (AvgIpc) is 2.35. The van der Waals surface area contributed by atoms with Gasteiger partial charge in [-0.15, -0.1) is 0 Å². The van der Waals surface area contributed by atoms with Gasteiger partial charge in [-0.1, -0.05) is 0 Å². The Morgan fingerprint density at radius 1 is 0.760 bits per heavy atom. The molecule has 0 aromatic heterocycles. The first kappa shape index (κ1) is 23.5. The van der Waals surface area contributed by atoms with Crippen molar-refractivity contribution in [3.63, 3.8) is 0 Å². The van der Waals surface area contributed by atoms with Crippen LogP contribution in [0.1, 0.15) is 0 Å². The Balaban J connectivity index is 6.15. The molecule has 17 heteroatoms. The molecule has 25 heavy (non-hydrogen) atoms. The summed E-state index contributed by atoms with van der Waals surface area (Å²) >= 11 is 0. The van der Waals surface area contributed by atoms with Crippen molar-refractivity contribution in [2.24, 2.45) is 0 Å². The summed E-state index contributed by atoms with van der Waals surface area (Å²) in [4.78, 5) is 0. The highest BCUT2D eigenvalue weighted by atomic mass is 19.4. The number of hydrogen-bond donors (Lipinski definition) is 1. The van der Waals surface area contributed by atoms with Crippen molar-refractivity contribution in [1.82, 2.24) is 0 Å². The average molecular weight is 412 g/mol. The maximum Gasteiger partial charge on any atom is 0.471 e. The highest BCUT2D eigenvalue weighted by Gasteiger charge is 2.81. The lowest BCUT2D eigenvalue weighted by molar-refractivity contribution is -0.522. The quantitative estimate of drug-likeness (QED) is 0.498. The van der Waals surface area contributed by atoms with E-state index < -0.39 is 48.6 Å². The third-order valence-corrected chi connectivity index (χ3v) is 2.06. The number of alkyl halides is 11. The molecule has 3 nitrogen and oxygen atoms in total. The minimum absolute atomic E-state index is 1.58. The summed E-state index contributed by atoms with van der Waals surface area (Å²) in [5.41, 5.74) is 0. The molecule has 0 heterocycles. The molecular formula is C8H2F14O3. The maximum atomic E-state index is 13.3. The second-order valence-corrected chi connectivity index (χ2v) is 3.82. The molecule has 1 N–H and O–H groups in total. The predicted molar refractivity (Wildman–Crippen MR) is 44.4 cm³/mol. The third kappa shape index (κ3) is 4.36. The summed E-state index contributed by atoms with van der Waals surface area (Å²) in [5.74, 6) is -14.1. The van der Waals surface area contributed by atoms with Crippen LogP contribution in [-0.2, 0) is 9.47 Å². The van der Waals surface area contributed by atoms with Gasteiger partial charge in [0.2, 0.25) is 0 Å². The van der Waals surface area contributed by atoms with Gasteiger partial charge < -0.3 is 9.84 Å². The highest BCUT2D eigenvalue weighted by molar-refractivity contribution is 4.94. The van der Waals surface area contributed by atoms with E-state index >= 15 is 0 Å². The van der Waals surface area contributed by atoms with Gasteiger partial charge in [0.15, 0.2) is 0 Å². The van der Waals surface area contributed by atoms with Gasteiger partial charge in [0, 0.05) is 0 Å². The van der Waals surface area contributed by atoms with E-state index in [0.717, 1.165) is 0 Å². The van der Waals surface area contributed by atoms with Crippen molar-refractivity contribution in [3.8, 4) is 0 Å². The molecule has 0 rings (SSSR count). The van der Waals surface area contributed by atoms with Crippen LogP contribution in [0.3, 0.4) is 0 Å². The first-order valence-electron chi connectivity index (χ1n) is 5.04. The van der Waals surface area contributed by atoms with Crippen LogP contribution in [0, 0.1) is 0 Å². The zero-order valence-corrected chi connectivity index (χ0v) is 10.6. The lowest BCUT2D eigenvalue weighted by Crippen LogP contribution is -2.64. The fourth-order valence-electron chi connectivity index (χ4n) is 0.882. The Bertz CT molecular complexity index is 507.